The molecule has 0 bridgehead atoms. The first kappa shape index (κ1) is 18.7. The van der Waals surface area contributed by atoms with Crippen molar-refractivity contribution in [1.82, 2.24) is 0 Å². The Labute approximate surface area is 123 Å². The summed E-state index contributed by atoms with van der Waals surface area (Å²) in [7, 11) is 0. The van der Waals surface area contributed by atoms with Crippen LogP contribution < -0.4 is 0 Å². The van der Waals surface area contributed by atoms with E-state index in [0.717, 1.165) is 5.92 Å². The van der Waals surface area contributed by atoms with Gasteiger partial charge in [0.25, 0.3) is 0 Å². The lowest BCUT2D eigenvalue weighted by atomic mass is 10.0. The summed E-state index contributed by atoms with van der Waals surface area (Å²) in [6, 6.07) is 0. The predicted octanol–water partition coefficient (Wildman–Crippen LogP) is 7.29. The summed E-state index contributed by atoms with van der Waals surface area (Å²) in [5, 5.41) is 0. The van der Waals surface area contributed by atoms with Crippen LogP contribution in [0.4, 0.5) is 0 Å². The highest BCUT2D eigenvalue weighted by atomic mass is 14.0. The zero-order chi connectivity index (χ0) is 14.2. The van der Waals surface area contributed by atoms with E-state index in [1.165, 1.54) is 83.5 Å². The van der Waals surface area contributed by atoms with Gasteiger partial charge >= 0.3 is 0 Å². The van der Waals surface area contributed by atoms with Crippen LogP contribution in [0.3, 0.4) is 0 Å². The van der Waals surface area contributed by atoms with Gasteiger partial charge in [-0.15, -0.1) is 0 Å². The van der Waals surface area contributed by atoms with Crippen molar-refractivity contribution in [3.63, 3.8) is 0 Å². The van der Waals surface area contributed by atoms with Gasteiger partial charge in [-0.05, 0) is 25.7 Å². The number of rotatable bonds is 14. The molecule has 0 spiro atoms. The zero-order valence-electron chi connectivity index (χ0n) is 13.9. The van der Waals surface area contributed by atoms with Crippen LogP contribution in [0.1, 0.15) is 104 Å². The molecule has 0 unspecified atom stereocenters. The monoisotopic (exact) mass is 266 g/mol. The molecule has 0 heterocycles. The topological polar surface area (TPSA) is 0 Å². The third kappa shape index (κ3) is 17.7. The van der Waals surface area contributed by atoms with E-state index >= 15 is 0 Å². The maximum absolute atomic E-state index is 2.33. The van der Waals surface area contributed by atoms with Crippen LogP contribution in [0.15, 0.2) is 12.2 Å². The number of allylic oxidation sites excluding steroid dienone is 2. The molecule has 0 N–H and O–H groups in total. The minimum absolute atomic E-state index is 0.896. The molecule has 0 saturated carbocycles. The molecule has 0 aliphatic rings. The van der Waals surface area contributed by atoms with Crippen molar-refractivity contribution >= 4 is 0 Å². The predicted molar refractivity (Wildman–Crippen MR) is 89.7 cm³/mol. The molecule has 0 aromatic carbocycles. The van der Waals surface area contributed by atoms with Crippen LogP contribution in [0.25, 0.3) is 0 Å². The number of hydrogen-bond donors (Lipinski definition) is 0. The van der Waals surface area contributed by atoms with E-state index in [1.54, 1.807) is 0 Å². The van der Waals surface area contributed by atoms with E-state index in [1.807, 2.05) is 0 Å². The van der Waals surface area contributed by atoms with Gasteiger partial charge in [0.2, 0.25) is 0 Å². The molecule has 0 rings (SSSR count). The fourth-order valence-electron chi connectivity index (χ4n) is 2.57. The molecular formula is C19H38. The largest absolute Gasteiger partial charge is 0.0917 e. The van der Waals surface area contributed by atoms with Gasteiger partial charge in [0, 0.05) is 0 Å². The molecule has 0 amide bonds. The molecule has 0 aliphatic carbocycles. The van der Waals surface area contributed by atoms with Crippen molar-refractivity contribution in [2.24, 2.45) is 5.92 Å². The van der Waals surface area contributed by atoms with Crippen molar-refractivity contribution < 1.29 is 0 Å². The standard InChI is InChI=1S/C19H38/c1-4-5-6-7-8-9-10-11-12-13-14-15-16-17-18-19(2)3/h4-5,19H,6-18H2,1-3H3. The maximum atomic E-state index is 2.33. The first-order valence-electron chi connectivity index (χ1n) is 8.88. The first-order chi connectivity index (χ1) is 9.27. The Morgan fingerprint density at radius 3 is 1.47 bits per heavy atom. The Hall–Kier alpha value is -0.260. The summed E-state index contributed by atoms with van der Waals surface area (Å²) in [5.41, 5.74) is 0. The average molecular weight is 267 g/mol. The third-order valence-electron chi connectivity index (χ3n) is 3.89. The van der Waals surface area contributed by atoms with Crippen molar-refractivity contribution in [3.05, 3.63) is 12.2 Å². The fourth-order valence-corrected chi connectivity index (χ4v) is 2.57. The summed E-state index contributed by atoms with van der Waals surface area (Å²) in [4.78, 5) is 0. The van der Waals surface area contributed by atoms with Crippen LogP contribution in [-0.2, 0) is 0 Å². The summed E-state index contributed by atoms with van der Waals surface area (Å²) < 4.78 is 0. The van der Waals surface area contributed by atoms with Gasteiger partial charge < -0.3 is 0 Å². The van der Waals surface area contributed by atoms with E-state index in [0.29, 0.717) is 0 Å². The van der Waals surface area contributed by atoms with Gasteiger partial charge in [0.1, 0.15) is 0 Å². The molecule has 0 aromatic rings. The Morgan fingerprint density at radius 1 is 0.632 bits per heavy atom. The second-order valence-corrected chi connectivity index (χ2v) is 6.43. The minimum Gasteiger partial charge on any atom is -0.0917 e. The minimum atomic E-state index is 0.896. The molecule has 0 radical (unpaired) electrons. The van der Waals surface area contributed by atoms with Crippen LogP contribution in [0.2, 0.25) is 0 Å². The van der Waals surface area contributed by atoms with Crippen LogP contribution in [0, 0.1) is 5.92 Å². The number of hydrogen-bond acceptors (Lipinski definition) is 0. The second-order valence-electron chi connectivity index (χ2n) is 6.43. The molecule has 19 heavy (non-hydrogen) atoms. The summed E-state index contributed by atoms with van der Waals surface area (Å²) in [6.07, 6.45) is 23.2. The van der Waals surface area contributed by atoms with Gasteiger partial charge in [0.05, 0.1) is 0 Å². The summed E-state index contributed by atoms with van der Waals surface area (Å²) in [5.74, 6) is 0.896. The third-order valence-corrected chi connectivity index (χ3v) is 3.89. The molecule has 0 fully saturated rings. The lowest BCUT2D eigenvalue weighted by molar-refractivity contribution is 0.504. The maximum Gasteiger partial charge on any atom is -0.0351 e. The quantitative estimate of drug-likeness (QED) is 0.229. The Balaban J connectivity index is 2.95. The zero-order valence-corrected chi connectivity index (χ0v) is 13.9. The van der Waals surface area contributed by atoms with E-state index < -0.39 is 0 Å². The van der Waals surface area contributed by atoms with Gasteiger partial charge in [-0.25, -0.2) is 0 Å². The van der Waals surface area contributed by atoms with Crippen LogP contribution in [0.5, 0.6) is 0 Å². The molecular weight excluding hydrogens is 228 g/mol. The summed E-state index contributed by atoms with van der Waals surface area (Å²) in [6.45, 7) is 6.78. The molecule has 0 nitrogen and oxygen atoms in total. The second kappa shape index (κ2) is 15.8. The molecule has 0 aromatic heterocycles. The smallest absolute Gasteiger partial charge is 0.0351 e. The Bertz CT molecular complexity index is 178. The van der Waals surface area contributed by atoms with E-state index in [4.69, 9.17) is 0 Å². The first-order valence-corrected chi connectivity index (χ1v) is 8.88. The van der Waals surface area contributed by atoms with Crippen molar-refractivity contribution in [3.8, 4) is 0 Å². The van der Waals surface area contributed by atoms with E-state index in [2.05, 4.69) is 32.9 Å². The fraction of sp³-hybridized carbons (Fsp3) is 0.895. The Kier molecular flexibility index (Phi) is 15.6. The Morgan fingerprint density at radius 2 is 1.05 bits per heavy atom. The average Bonchev–Trinajstić information content (AvgIpc) is 2.39. The van der Waals surface area contributed by atoms with E-state index in [9.17, 15) is 0 Å². The van der Waals surface area contributed by atoms with E-state index in [-0.39, 0.29) is 0 Å². The molecule has 114 valence electrons. The van der Waals surface area contributed by atoms with Gasteiger partial charge in [-0.2, -0.15) is 0 Å². The SMILES string of the molecule is CC=CCCCCCCCCCCCCCC(C)C. The number of unbranched alkanes of at least 4 members (excludes halogenated alkanes) is 11. The highest BCUT2D eigenvalue weighted by Gasteiger charge is 1.95. The lowest BCUT2D eigenvalue weighted by Crippen LogP contribution is -1.87. The van der Waals surface area contributed by atoms with Crippen molar-refractivity contribution in [1.29, 1.82) is 0 Å². The summed E-state index contributed by atoms with van der Waals surface area (Å²) >= 11 is 0. The van der Waals surface area contributed by atoms with Crippen LogP contribution in [-0.4, -0.2) is 0 Å². The molecule has 0 atom stereocenters. The van der Waals surface area contributed by atoms with Gasteiger partial charge in [-0.3, -0.25) is 0 Å². The molecule has 0 heteroatoms. The van der Waals surface area contributed by atoms with Crippen molar-refractivity contribution in [2.45, 2.75) is 104 Å². The van der Waals surface area contributed by atoms with Crippen molar-refractivity contribution in [2.75, 3.05) is 0 Å². The highest BCUT2D eigenvalue weighted by molar-refractivity contribution is 4.76. The normalized spacial score (nSPS) is 11.8. The lowest BCUT2D eigenvalue weighted by Gasteiger charge is -2.04. The molecule has 0 saturated heterocycles. The molecule has 0 aliphatic heterocycles. The van der Waals surface area contributed by atoms with Gasteiger partial charge in [-0.1, -0.05) is 96.6 Å². The van der Waals surface area contributed by atoms with Crippen LogP contribution >= 0.6 is 0 Å². The van der Waals surface area contributed by atoms with Gasteiger partial charge in [0.15, 0.2) is 0 Å². The highest BCUT2D eigenvalue weighted by Crippen LogP contribution is 2.14.